The minimum Gasteiger partial charge on any atom is -0.503 e. The predicted molar refractivity (Wildman–Crippen MR) is 62.9 cm³/mol. The van der Waals surface area contributed by atoms with Gasteiger partial charge in [0, 0.05) is 0 Å². The Bertz CT molecular complexity index is 350. The molecule has 0 aliphatic heterocycles. The Labute approximate surface area is 98.1 Å². The lowest BCUT2D eigenvalue weighted by molar-refractivity contribution is 0.360. The summed E-state index contributed by atoms with van der Waals surface area (Å²) >= 11 is 3.30. The highest BCUT2D eigenvalue weighted by atomic mass is 79.9. The van der Waals surface area contributed by atoms with Crippen molar-refractivity contribution in [3.8, 4) is 17.2 Å². The van der Waals surface area contributed by atoms with Gasteiger partial charge in [0.05, 0.1) is 14.2 Å². The average Bonchev–Trinajstić information content (AvgIpc) is 2.24. The van der Waals surface area contributed by atoms with Gasteiger partial charge in [-0.05, 0) is 34.0 Å². The summed E-state index contributed by atoms with van der Waals surface area (Å²) in [6, 6.07) is 1.81. The number of methoxy groups -OCH3 is 2. The van der Waals surface area contributed by atoms with Crippen LogP contribution in [0.3, 0.4) is 0 Å². The highest BCUT2D eigenvalue weighted by molar-refractivity contribution is 9.10. The highest BCUT2D eigenvalue weighted by Crippen LogP contribution is 2.43. The number of halogens is 1. The zero-order valence-electron chi connectivity index (χ0n) is 9.13. The molecule has 1 aromatic rings. The number of hydrogen-bond donors (Lipinski definition) is 1. The Hall–Kier alpha value is -0.900. The second-order valence-electron chi connectivity index (χ2n) is 3.18. The van der Waals surface area contributed by atoms with Gasteiger partial charge in [0.25, 0.3) is 0 Å². The van der Waals surface area contributed by atoms with Crippen LogP contribution >= 0.6 is 15.9 Å². The van der Waals surface area contributed by atoms with Crippen molar-refractivity contribution < 1.29 is 14.6 Å². The Morgan fingerprint density at radius 2 is 2.00 bits per heavy atom. The van der Waals surface area contributed by atoms with Crippen LogP contribution in [0.1, 0.15) is 18.9 Å². The third-order valence-electron chi connectivity index (χ3n) is 2.18. The number of benzene rings is 1. The Morgan fingerprint density at radius 1 is 1.33 bits per heavy atom. The summed E-state index contributed by atoms with van der Waals surface area (Å²) in [7, 11) is 3.12. The molecule has 1 rings (SSSR count). The van der Waals surface area contributed by atoms with Crippen molar-refractivity contribution in [1.29, 1.82) is 0 Å². The number of aromatic hydroxyl groups is 1. The van der Waals surface area contributed by atoms with E-state index >= 15 is 0 Å². The van der Waals surface area contributed by atoms with Gasteiger partial charge >= 0.3 is 0 Å². The molecule has 0 aliphatic carbocycles. The van der Waals surface area contributed by atoms with Crippen LogP contribution in [0.25, 0.3) is 0 Å². The second kappa shape index (κ2) is 5.26. The molecule has 0 unspecified atom stereocenters. The van der Waals surface area contributed by atoms with Crippen LogP contribution in [0.2, 0.25) is 0 Å². The van der Waals surface area contributed by atoms with E-state index < -0.39 is 0 Å². The molecule has 0 spiro atoms. The van der Waals surface area contributed by atoms with Crippen LogP contribution in [-0.4, -0.2) is 19.3 Å². The maximum Gasteiger partial charge on any atom is 0.176 e. The minimum absolute atomic E-state index is 0.0780. The van der Waals surface area contributed by atoms with E-state index in [4.69, 9.17) is 9.47 Å². The molecule has 0 fully saturated rings. The van der Waals surface area contributed by atoms with E-state index in [0.29, 0.717) is 16.0 Å². The zero-order valence-corrected chi connectivity index (χ0v) is 10.7. The van der Waals surface area contributed by atoms with Crippen molar-refractivity contribution in [3.63, 3.8) is 0 Å². The highest BCUT2D eigenvalue weighted by Gasteiger charge is 2.16. The fraction of sp³-hybridized carbons (Fsp3) is 0.455. The van der Waals surface area contributed by atoms with Crippen molar-refractivity contribution in [2.45, 2.75) is 19.8 Å². The van der Waals surface area contributed by atoms with Crippen LogP contribution in [-0.2, 0) is 6.42 Å². The molecule has 4 heteroatoms. The molecule has 0 saturated heterocycles. The molecule has 84 valence electrons. The van der Waals surface area contributed by atoms with Crippen LogP contribution in [0.15, 0.2) is 10.5 Å². The van der Waals surface area contributed by atoms with Gasteiger partial charge in [-0.1, -0.05) is 13.3 Å². The molecule has 0 atom stereocenters. The number of ether oxygens (including phenoxy) is 2. The molecule has 0 aromatic heterocycles. The Balaban J connectivity index is 3.30. The van der Waals surface area contributed by atoms with Gasteiger partial charge < -0.3 is 14.6 Å². The van der Waals surface area contributed by atoms with Crippen LogP contribution < -0.4 is 9.47 Å². The van der Waals surface area contributed by atoms with E-state index in [1.165, 1.54) is 7.11 Å². The molecule has 1 N–H and O–H groups in total. The van der Waals surface area contributed by atoms with Crippen molar-refractivity contribution in [3.05, 3.63) is 16.1 Å². The van der Waals surface area contributed by atoms with Gasteiger partial charge in [-0.25, -0.2) is 0 Å². The fourth-order valence-corrected chi connectivity index (χ4v) is 2.09. The average molecular weight is 275 g/mol. The van der Waals surface area contributed by atoms with Gasteiger partial charge in [-0.2, -0.15) is 0 Å². The van der Waals surface area contributed by atoms with E-state index in [1.807, 2.05) is 6.07 Å². The second-order valence-corrected chi connectivity index (χ2v) is 3.98. The minimum atomic E-state index is 0.0780. The normalized spacial score (nSPS) is 10.1. The first-order valence-electron chi connectivity index (χ1n) is 4.78. The number of aryl methyl sites for hydroxylation is 1. The van der Waals surface area contributed by atoms with E-state index in [1.54, 1.807) is 7.11 Å². The summed E-state index contributed by atoms with van der Waals surface area (Å²) in [5.41, 5.74) is 1.03. The summed E-state index contributed by atoms with van der Waals surface area (Å²) in [5.74, 6) is 1.22. The summed E-state index contributed by atoms with van der Waals surface area (Å²) < 4.78 is 10.9. The monoisotopic (exact) mass is 274 g/mol. The number of rotatable bonds is 4. The molecule has 0 heterocycles. The topological polar surface area (TPSA) is 38.7 Å². The smallest absolute Gasteiger partial charge is 0.176 e. The molecule has 15 heavy (non-hydrogen) atoms. The number of phenolic OH excluding ortho intramolecular Hbond substituents is 1. The van der Waals surface area contributed by atoms with Gasteiger partial charge in [0.1, 0.15) is 10.2 Å². The quantitative estimate of drug-likeness (QED) is 0.917. The van der Waals surface area contributed by atoms with Crippen LogP contribution in [0, 0.1) is 0 Å². The molecule has 3 nitrogen and oxygen atoms in total. The Morgan fingerprint density at radius 3 is 2.47 bits per heavy atom. The third-order valence-corrected chi connectivity index (χ3v) is 2.92. The molecule has 0 radical (unpaired) electrons. The standard InChI is InChI=1S/C11H15BrO3/c1-4-5-7-6-8(14-2)10(13)9(12)11(7)15-3/h6,13H,4-5H2,1-3H3. The molecular formula is C11H15BrO3. The lowest BCUT2D eigenvalue weighted by Gasteiger charge is -2.14. The predicted octanol–water partition coefficient (Wildman–Crippen LogP) is 3.12. The summed E-state index contributed by atoms with van der Waals surface area (Å²) in [4.78, 5) is 0. The summed E-state index contributed by atoms with van der Waals surface area (Å²) in [6.45, 7) is 2.09. The van der Waals surface area contributed by atoms with Crippen molar-refractivity contribution in [2.75, 3.05) is 14.2 Å². The first-order chi connectivity index (χ1) is 7.15. The first-order valence-corrected chi connectivity index (χ1v) is 5.57. The molecular weight excluding hydrogens is 260 g/mol. The summed E-state index contributed by atoms with van der Waals surface area (Å²) in [5, 5.41) is 9.75. The summed E-state index contributed by atoms with van der Waals surface area (Å²) in [6.07, 6.45) is 1.90. The van der Waals surface area contributed by atoms with Crippen molar-refractivity contribution in [2.24, 2.45) is 0 Å². The molecule has 0 aliphatic rings. The van der Waals surface area contributed by atoms with Gasteiger partial charge in [-0.3, -0.25) is 0 Å². The van der Waals surface area contributed by atoms with Gasteiger partial charge in [-0.15, -0.1) is 0 Å². The van der Waals surface area contributed by atoms with E-state index in [-0.39, 0.29) is 5.75 Å². The first kappa shape index (κ1) is 12.2. The van der Waals surface area contributed by atoms with Crippen molar-refractivity contribution in [1.82, 2.24) is 0 Å². The van der Waals surface area contributed by atoms with Crippen LogP contribution in [0.4, 0.5) is 0 Å². The third kappa shape index (κ3) is 2.37. The zero-order chi connectivity index (χ0) is 11.4. The van der Waals surface area contributed by atoms with E-state index in [9.17, 15) is 5.11 Å². The van der Waals surface area contributed by atoms with Crippen molar-refractivity contribution >= 4 is 15.9 Å². The maximum absolute atomic E-state index is 9.75. The number of phenols is 1. The lowest BCUT2D eigenvalue weighted by Crippen LogP contribution is -1.95. The maximum atomic E-state index is 9.75. The largest absolute Gasteiger partial charge is 0.503 e. The molecule has 0 bridgehead atoms. The van der Waals surface area contributed by atoms with Gasteiger partial charge in [0.2, 0.25) is 0 Å². The fourth-order valence-electron chi connectivity index (χ4n) is 1.48. The molecule has 1 aromatic carbocycles. The molecule has 0 saturated carbocycles. The number of hydrogen-bond acceptors (Lipinski definition) is 3. The molecule has 0 amide bonds. The van der Waals surface area contributed by atoms with Crippen LogP contribution in [0.5, 0.6) is 17.2 Å². The van der Waals surface area contributed by atoms with Gasteiger partial charge in [0.15, 0.2) is 11.5 Å². The Kier molecular flexibility index (Phi) is 4.27. The lowest BCUT2D eigenvalue weighted by atomic mass is 10.1. The van der Waals surface area contributed by atoms with E-state index in [2.05, 4.69) is 22.9 Å². The van der Waals surface area contributed by atoms with E-state index in [0.717, 1.165) is 18.4 Å². The SMILES string of the molecule is CCCc1cc(OC)c(O)c(Br)c1OC.